The minimum Gasteiger partial charge on any atom is -0.368 e. The highest BCUT2D eigenvalue weighted by Crippen LogP contribution is 2.33. The summed E-state index contributed by atoms with van der Waals surface area (Å²) in [4.78, 5) is 14.0. The number of hydrogen-bond donors (Lipinski definition) is 1. The predicted molar refractivity (Wildman–Crippen MR) is 88.0 cm³/mol. The summed E-state index contributed by atoms with van der Waals surface area (Å²) in [6.07, 6.45) is 0. The molecule has 110 valence electrons. The first-order chi connectivity index (χ1) is 10.0. The van der Waals surface area contributed by atoms with Crippen LogP contribution in [0.25, 0.3) is 0 Å². The maximum atomic E-state index is 12.4. The Morgan fingerprint density at radius 1 is 1.00 bits per heavy atom. The van der Waals surface area contributed by atoms with Crippen LogP contribution >= 0.6 is 23.2 Å². The maximum absolute atomic E-state index is 12.4. The normalized spacial score (nSPS) is 11.8. The molecule has 0 fully saturated rings. The van der Waals surface area contributed by atoms with Crippen molar-refractivity contribution in [3.63, 3.8) is 0 Å². The molecule has 0 spiro atoms. The zero-order valence-electron chi connectivity index (χ0n) is 11.8. The summed E-state index contributed by atoms with van der Waals surface area (Å²) in [6.45, 7) is 0. The van der Waals surface area contributed by atoms with Gasteiger partial charge in [-0.3, -0.25) is 4.79 Å². The smallest absolute Gasteiger partial charge is 0.249 e. The van der Waals surface area contributed by atoms with E-state index < -0.39 is 6.04 Å². The summed E-state index contributed by atoms with van der Waals surface area (Å²) in [5.74, 6) is -0.0720. The molecule has 2 aromatic rings. The second-order valence-corrected chi connectivity index (χ2v) is 5.63. The van der Waals surface area contributed by atoms with E-state index in [2.05, 4.69) is 5.32 Å². The lowest BCUT2D eigenvalue weighted by Crippen LogP contribution is -2.32. The van der Waals surface area contributed by atoms with E-state index in [-0.39, 0.29) is 5.91 Å². The highest BCUT2D eigenvalue weighted by Gasteiger charge is 2.23. The van der Waals surface area contributed by atoms with Crippen LogP contribution in [0.4, 0.5) is 5.69 Å². The van der Waals surface area contributed by atoms with Crippen molar-refractivity contribution in [1.82, 2.24) is 4.90 Å². The molecule has 1 atom stereocenters. The van der Waals surface area contributed by atoms with Crippen molar-refractivity contribution in [2.24, 2.45) is 0 Å². The molecule has 0 heterocycles. The molecule has 2 aromatic carbocycles. The molecule has 3 nitrogen and oxygen atoms in total. The Morgan fingerprint density at radius 3 is 2.10 bits per heavy atom. The van der Waals surface area contributed by atoms with Crippen molar-refractivity contribution < 1.29 is 4.79 Å². The van der Waals surface area contributed by atoms with Gasteiger partial charge in [-0.15, -0.1) is 0 Å². The summed E-state index contributed by atoms with van der Waals surface area (Å²) < 4.78 is 0. The molecule has 0 aliphatic rings. The molecule has 0 radical (unpaired) electrons. The third-order valence-electron chi connectivity index (χ3n) is 3.07. The molecule has 0 bridgehead atoms. The topological polar surface area (TPSA) is 32.3 Å². The number of halogens is 2. The quantitative estimate of drug-likeness (QED) is 0.913. The molecule has 5 heteroatoms. The lowest BCUT2D eigenvalue weighted by molar-refractivity contribution is -0.129. The summed E-state index contributed by atoms with van der Waals surface area (Å²) in [6, 6.07) is 14.2. The van der Waals surface area contributed by atoms with E-state index in [9.17, 15) is 4.79 Å². The lowest BCUT2D eigenvalue weighted by Gasteiger charge is -2.24. The highest BCUT2D eigenvalue weighted by atomic mass is 35.5. The van der Waals surface area contributed by atoms with Crippen LogP contribution in [0.5, 0.6) is 0 Å². The van der Waals surface area contributed by atoms with Crippen LogP contribution < -0.4 is 5.32 Å². The summed E-state index contributed by atoms with van der Waals surface area (Å²) in [5.41, 5.74) is 1.41. The number of nitrogens with one attached hydrogen (secondary N) is 1. The number of amides is 1. The summed E-state index contributed by atoms with van der Waals surface area (Å²) in [7, 11) is 3.43. The van der Waals surface area contributed by atoms with Crippen LogP contribution in [-0.2, 0) is 4.79 Å². The largest absolute Gasteiger partial charge is 0.368 e. The fourth-order valence-electron chi connectivity index (χ4n) is 1.97. The van der Waals surface area contributed by atoms with Crippen LogP contribution in [0.1, 0.15) is 11.6 Å². The number of carbonyl (C=O) groups is 1. The number of likely N-dealkylation sites (N-methyl/N-ethyl adjacent to an activating group) is 1. The fraction of sp³-hybridized carbons (Fsp3) is 0.188. The Labute approximate surface area is 134 Å². The molecule has 0 aliphatic carbocycles. The Balaban J connectivity index is 2.40. The first kappa shape index (κ1) is 15.7. The Morgan fingerprint density at radius 2 is 1.57 bits per heavy atom. The number of anilines is 1. The van der Waals surface area contributed by atoms with Gasteiger partial charge in [0.15, 0.2) is 0 Å². The number of nitrogens with zero attached hydrogens (tertiary/aromatic N) is 1. The van der Waals surface area contributed by atoms with Gasteiger partial charge in [0, 0.05) is 14.1 Å². The van der Waals surface area contributed by atoms with E-state index in [4.69, 9.17) is 23.2 Å². The average Bonchev–Trinajstić information content (AvgIpc) is 2.47. The first-order valence-electron chi connectivity index (χ1n) is 6.47. The van der Waals surface area contributed by atoms with Crippen molar-refractivity contribution in [3.8, 4) is 0 Å². The van der Waals surface area contributed by atoms with Crippen LogP contribution in [0.3, 0.4) is 0 Å². The van der Waals surface area contributed by atoms with Gasteiger partial charge in [0.2, 0.25) is 5.91 Å². The molecule has 2 rings (SSSR count). The van der Waals surface area contributed by atoms with Gasteiger partial charge in [0.1, 0.15) is 6.04 Å². The van der Waals surface area contributed by atoms with Gasteiger partial charge in [-0.25, -0.2) is 0 Å². The molecule has 0 aliphatic heterocycles. The van der Waals surface area contributed by atoms with E-state index in [1.807, 2.05) is 30.3 Å². The van der Waals surface area contributed by atoms with Crippen molar-refractivity contribution >= 4 is 34.8 Å². The van der Waals surface area contributed by atoms with Crippen LogP contribution in [0.2, 0.25) is 10.0 Å². The molecule has 0 saturated heterocycles. The zero-order valence-corrected chi connectivity index (χ0v) is 13.3. The molecule has 0 saturated carbocycles. The first-order valence-corrected chi connectivity index (χ1v) is 7.23. The third-order valence-corrected chi connectivity index (χ3v) is 3.70. The number of benzene rings is 2. The molecular weight excluding hydrogens is 307 g/mol. The number of rotatable bonds is 4. The van der Waals surface area contributed by atoms with E-state index in [0.717, 1.165) is 5.56 Å². The lowest BCUT2D eigenvalue weighted by atomic mass is 10.1. The van der Waals surface area contributed by atoms with Gasteiger partial charge in [0.05, 0.1) is 15.7 Å². The van der Waals surface area contributed by atoms with Gasteiger partial charge in [-0.05, 0) is 17.7 Å². The van der Waals surface area contributed by atoms with E-state index >= 15 is 0 Å². The second-order valence-electron chi connectivity index (χ2n) is 4.82. The van der Waals surface area contributed by atoms with Gasteiger partial charge in [-0.1, -0.05) is 59.6 Å². The molecule has 21 heavy (non-hydrogen) atoms. The molecule has 1 N–H and O–H groups in total. The highest BCUT2D eigenvalue weighted by molar-refractivity contribution is 6.39. The van der Waals surface area contributed by atoms with Gasteiger partial charge >= 0.3 is 0 Å². The van der Waals surface area contributed by atoms with Crippen LogP contribution in [0, 0.1) is 0 Å². The third kappa shape index (κ3) is 3.69. The average molecular weight is 323 g/mol. The monoisotopic (exact) mass is 322 g/mol. The minimum atomic E-state index is -0.543. The van der Waals surface area contributed by atoms with E-state index in [0.29, 0.717) is 15.7 Å². The van der Waals surface area contributed by atoms with E-state index in [1.54, 1.807) is 32.3 Å². The number of para-hydroxylation sites is 1. The Hall–Kier alpha value is -1.71. The Kier molecular flexibility index (Phi) is 5.10. The van der Waals surface area contributed by atoms with Crippen LogP contribution in [0.15, 0.2) is 48.5 Å². The molecule has 0 unspecified atom stereocenters. The number of hydrogen-bond acceptors (Lipinski definition) is 2. The predicted octanol–water partition coefficient (Wildman–Crippen LogP) is 4.23. The second kappa shape index (κ2) is 6.83. The fourth-order valence-corrected chi connectivity index (χ4v) is 2.48. The number of carbonyl (C=O) groups excluding carboxylic acids is 1. The summed E-state index contributed by atoms with van der Waals surface area (Å²) in [5, 5.41) is 4.12. The maximum Gasteiger partial charge on any atom is 0.249 e. The van der Waals surface area contributed by atoms with Crippen molar-refractivity contribution in [1.29, 1.82) is 0 Å². The van der Waals surface area contributed by atoms with Crippen molar-refractivity contribution in [2.75, 3.05) is 19.4 Å². The van der Waals surface area contributed by atoms with Crippen molar-refractivity contribution in [2.45, 2.75) is 6.04 Å². The van der Waals surface area contributed by atoms with Gasteiger partial charge in [0.25, 0.3) is 0 Å². The van der Waals surface area contributed by atoms with Crippen molar-refractivity contribution in [3.05, 3.63) is 64.1 Å². The van der Waals surface area contributed by atoms with Gasteiger partial charge < -0.3 is 10.2 Å². The standard InChI is InChI=1S/C16H16Cl2N2O/c1-20(2)16(21)14(11-7-4-3-5-8-11)19-15-12(17)9-6-10-13(15)18/h3-10,14,19H,1-2H3/t14-/m1/s1. The molecular formula is C16H16Cl2N2O. The SMILES string of the molecule is CN(C)C(=O)[C@H](Nc1c(Cl)cccc1Cl)c1ccccc1. The van der Waals surface area contributed by atoms with E-state index in [1.165, 1.54) is 4.90 Å². The molecule has 0 aromatic heterocycles. The van der Waals surface area contributed by atoms with Crippen LogP contribution in [-0.4, -0.2) is 24.9 Å². The zero-order chi connectivity index (χ0) is 15.4. The minimum absolute atomic E-state index is 0.0720. The Bertz CT molecular complexity index is 609. The molecule has 1 amide bonds. The summed E-state index contributed by atoms with van der Waals surface area (Å²) >= 11 is 12.3. The van der Waals surface area contributed by atoms with Gasteiger partial charge in [-0.2, -0.15) is 0 Å².